The lowest BCUT2D eigenvalue weighted by molar-refractivity contribution is -0.278. The number of ether oxygens (including phenoxy) is 2. The summed E-state index contributed by atoms with van der Waals surface area (Å²) in [6, 6.07) is 1.20. The summed E-state index contributed by atoms with van der Waals surface area (Å²) in [6.07, 6.45) is -8.95. The van der Waals surface area contributed by atoms with Crippen molar-refractivity contribution in [2.24, 2.45) is 0 Å². The van der Waals surface area contributed by atoms with Crippen LogP contribution in [0.15, 0.2) is 21.3 Å². The minimum atomic E-state index is -4.66. The van der Waals surface area contributed by atoms with Crippen molar-refractivity contribution in [1.82, 2.24) is 0 Å². The lowest BCUT2D eigenvalue weighted by Crippen LogP contribution is -2.60. The highest BCUT2D eigenvalue weighted by molar-refractivity contribution is 7.85. The van der Waals surface area contributed by atoms with Gasteiger partial charge in [0.15, 0.2) is 17.1 Å². The summed E-state index contributed by atoms with van der Waals surface area (Å²) in [6.45, 7) is -0.818. The lowest BCUT2D eigenvalue weighted by Gasteiger charge is -2.39. The van der Waals surface area contributed by atoms with Crippen LogP contribution in [0, 0.1) is 11.6 Å². The first-order chi connectivity index (χ1) is 13.9. The van der Waals surface area contributed by atoms with Gasteiger partial charge in [0, 0.05) is 11.5 Å². The molecule has 0 radical (unpaired) electrons. The Morgan fingerprint density at radius 3 is 2.37 bits per heavy atom. The summed E-state index contributed by atoms with van der Waals surface area (Å²) < 4.78 is 75.2. The molecular formula is C16H16F2O11S. The van der Waals surface area contributed by atoms with Crippen LogP contribution in [0.25, 0.3) is 11.0 Å². The molecule has 0 amide bonds. The Morgan fingerprint density at radius 1 is 1.10 bits per heavy atom. The smallest absolute Gasteiger partial charge is 0.336 e. The van der Waals surface area contributed by atoms with Crippen LogP contribution in [0.4, 0.5) is 8.78 Å². The molecule has 5 N–H and O–H groups in total. The van der Waals surface area contributed by atoms with E-state index in [1.54, 1.807) is 0 Å². The fraction of sp³-hybridized carbons (Fsp3) is 0.438. The third-order valence-corrected chi connectivity index (χ3v) is 5.07. The van der Waals surface area contributed by atoms with E-state index in [0.717, 1.165) is 0 Å². The second kappa shape index (κ2) is 8.14. The van der Waals surface area contributed by atoms with Gasteiger partial charge in [-0.05, 0) is 11.6 Å². The monoisotopic (exact) mass is 454 g/mol. The van der Waals surface area contributed by atoms with E-state index in [9.17, 15) is 37.3 Å². The fourth-order valence-corrected chi connectivity index (χ4v) is 3.61. The zero-order chi connectivity index (χ0) is 22.4. The summed E-state index contributed by atoms with van der Waals surface area (Å²) in [5, 5.41) is 38.1. The maximum absolute atomic E-state index is 14.8. The maximum atomic E-state index is 14.8. The molecule has 1 fully saturated rings. The highest BCUT2D eigenvalue weighted by Gasteiger charge is 2.45. The number of rotatable bonds is 5. The molecular weight excluding hydrogens is 438 g/mol. The van der Waals surface area contributed by atoms with Crippen molar-refractivity contribution in [1.29, 1.82) is 0 Å². The van der Waals surface area contributed by atoms with Crippen LogP contribution >= 0.6 is 0 Å². The number of hydrogen-bond acceptors (Lipinski definition) is 10. The highest BCUT2D eigenvalue weighted by atomic mass is 32.2. The number of hydrogen-bond donors (Lipinski definition) is 5. The summed E-state index contributed by atoms with van der Waals surface area (Å²) in [7, 11) is -4.66. The van der Waals surface area contributed by atoms with Crippen molar-refractivity contribution < 1.29 is 56.1 Å². The van der Waals surface area contributed by atoms with Crippen molar-refractivity contribution in [3.8, 4) is 5.75 Å². The number of halogens is 2. The average molecular weight is 454 g/mol. The van der Waals surface area contributed by atoms with Crippen molar-refractivity contribution >= 4 is 21.1 Å². The number of aliphatic hydroxyl groups is 4. The van der Waals surface area contributed by atoms with E-state index >= 15 is 0 Å². The van der Waals surface area contributed by atoms with E-state index in [1.165, 1.54) is 0 Å². The minimum Gasteiger partial charge on any atom is -0.456 e. The summed E-state index contributed by atoms with van der Waals surface area (Å²) in [4.78, 5) is 11.6. The van der Waals surface area contributed by atoms with E-state index < -0.39 is 92.7 Å². The van der Waals surface area contributed by atoms with Crippen LogP contribution in [0.3, 0.4) is 0 Å². The first-order valence-corrected chi connectivity index (χ1v) is 9.91. The third kappa shape index (κ3) is 4.29. The molecule has 1 aliphatic heterocycles. The van der Waals surface area contributed by atoms with Gasteiger partial charge in [-0.3, -0.25) is 4.55 Å². The van der Waals surface area contributed by atoms with Gasteiger partial charge in [-0.2, -0.15) is 12.8 Å². The SMILES string of the molecule is O=c1cc(CS(=O)(=O)O)c2cc(F)c(O[C@@H]3OC(CO)[C@@H](O)C(O)[C@@H]3O)c(F)c2o1. The zero-order valence-electron chi connectivity index (χ0n) is 14.8. The molecule has 30 heavy (non-hydrogen) atoms. The maximum Gasteiger partial charge on any atom is 0.336 e. The normalized spacial score (nSPS) is 27.4. The Hall–Kier alpha value is -2.20. The number of fused-ring (bicyclic) bond motifs is 1. The van der Waals surface area contributed by atoms with E-state index in [1.807, 2.05) is 0 Å². The third-order valence-electron chi connectivity index (χ3n) is 4.39. The largest absolute Gasteiger partial charge is 0.456 e. The molecule has 2 unspecified atom stereocenters. The van der Waals surface area contributed by atoms with Gasteiger partial charge in [-0.15, -0.1) is 0 Å². The molecule has 2 aromatic rings. The van der Waals surface area contributed by atoms with Gasteiger partial charge < -0.3 is 34.3 Å². The Labute approximate surface area is 166 Å². The Balaban J connectivity index is 2.06. The van der Waals surface area contributed by atoms with Gasteiger partial charge in [-0.25, -0.2) is 9.18 Å². The molecule has 11 nitrogen and oxygen atoms in total. The Bertz CT molecular complexity index is 1110. The van der Waals surface area contributed by atoms with Gasteiger partial charge in [0.05, 0.1) is 6.61 Å². The number of benzene rings is 1. The van der Waals surface area contributed by atoms with Crippen LogP contribution in [-0.2, 0) is 20.6 Å². The molecule has 3 rings (SSSR count). The zero-order valence-corrected chi connectivity index (χ0v) is 15.6. The molecule has 1 aromatic carbocycles. The van der Waals surface area contributed by atoms with Crippen molar-refractivity contribution in [2.75, 3.05) is 6.61 Å². The van der Waals surface area contributed by atoms with E-state index in [4.69, 9.17) is 19.1 Å². The van der Waals surface area contributed by atoms with E-state index in [0.29, 0.717) is 12.1 Å². The average Bonchev–Trinajstić information content (AvgIpc) is 2.64. The van der Waals surface area contributed by atoms with Crippen LogP contribution in [0.1, 0.15) is 5.56 Å². The van der Waals surface area contributed by atoms with Crippen LogP contribution < -0.4 is 10.4 Å². The van der Waals surface area contributed by atoms with Crippen molar-refractivity contribution in [2.45, 2.75) is 36.5 Å². The van der Waals surface area contributed by atoms with Crippen molar-refractivity contribution in [3.63, 3.8) is 0 Å². The van der Waals surface area contributed by atoms with Gasteiger partial charge in [0.2, 0.25) is 12.1 Å². The predicted octanol–water partition coefficient (Wildman–Crippen LogP) is -1.36. The molecule has 1 saturated heterocycles. The molecule has 166 valence electrons. The van der Waals surface area contributed by atoms with Crippen molar-refractivity contribution in [3.05, 3.63) is 39.8 Å². The highest BCUT2D eigenvalue weighted by Crippen LogP contribution is 2.33. The molecule has 1 aliphatic rings. The van der Waals surface area contributed by atoms with Gasteiger partial charge >= 0.3 is 5.63 Å². The quantitative estimate of drug-likeness (QED) is 0.265. The first-order valence-electron chi connectivity index (χ1n) is 8.30. The molecule has 5 atom stereocenters. The molecule has 0 saturated carbocycles. The Kier molecular flexibility index (Phi) is 6.10. The molecule has 0 bridgehead atoms. The predicted molar refractivity (Wildman–Crippen MR) is 92.0 cm³/mol. The second-order valence-corrected chi connectivity index (χ2v) is 7.96. The lowest BCUT2D eigenvalue weighted by atomic mass is 9.99. The second-order valence-electron chi connectivity index (χ2n) is 6.51. The fourth-order valence-electron chi connectivity index (χ4n) is 2.98. The van der Waals surface area contributed by atoms with E-state index in [-0.39, 0.29) is 0 Å². The van der Waals surface area contributed by atoms with Gasteiger partial charge in [-0.1, -0.05) is 0 Å². The summed E-state index contributed by atoms with van der Waals surface area (Å²) >= 11 is 0. The van der Waals surface area contributed by atoms with Crippen LogP contribution in [-0.4, -0.2) is 70.7 Å². The number of aliphatic hydroxyl groups excluding tert-OH is 4. The van der Waals surface area contributed by atoms with Gasteiger partial charge in [0.25, 0.3) is 10.1 Å². The molecule has 1 aromatic heterocycles. The summed E-state index contributed by atoms with van der Waals surface area (Å²) in [5.41, 5.74) is -2.55. The van der Waals surface area contributed by atoms with Gasteiger partial charge in [0.1, 0.15) is 30.2 Å². The molecule has 0 spiro atoms. The molecule has 0 aliphatic carbocycles. The molecule has 2 heterocycles. The Morgan fingerprint density at radius 2 is 1.77 bits per heavy atom. The van der Waals surface area contributed by atoms with Crippen LogP contribution in [0.2, 0.25) is 0 Å². The first kappa shape index (κ1) is 22.5. The molecule has 14 heteroatoms. The minimum absolute atomic E-state index is 0.444. The summed E-state index contributed by atoms with van der Waals surface area (Å²) in [5.74, 6) is -5.36. The topological polar surface area (TPSA) is 184 Å². The van der Waals surface area contributed by atoms with Crippen LogP contribution in [0.5, 0.6) is 5.75 Å². The standard InChI is InChI=1S/C16H16F2O11S/c17-7-2-6-5(4-30(24,25)26)1-9(20)28-14(6)10(18)15(7)29-16-13(23)12(22)11(21)8(3-19)27-16/h1-2,8,11-13,16,19,21-23H,3-4H2,(H,24,25,26)/t8?,11-,12?,13+,16+/m1/s1. The van der Waals surface area contributed by atoms with E-state index in [2.05, 4.69) is 4.42 Å².